The van der Waals surface area contributed by atoms with Crippen LogP contribution in [0.25, 0.3) is 21.5 Å². The molecule has 5 aromatic rings. The van der Waals surface area contributed by atoms with Crippen LogP contribution in [0.4, 0.5) is 0 Å². The zero-order valence-electron chi connectivity index (χ0n) is 47.6. The third kappa shape index (κ3) is 21.2. The Hall–Kier alpha value is -5.13. The van der Waals surface area contributed by atoms with Gasteiger partial charge in [-0.2, -0.15) is 0 Å². The van der Waals surface area contributed by atoms with E-state index < -0.39 is 42.5 Å². The van der Waals surface area contributed by atoms with Gasteiger partial charge in [-0.05, 0) is 103 Å². The zero-order valence-corrected chi connectivity index (χ0v) is 47.6. The van der Waals surface area contributed by atoms with Crippen LogP contribution in [0, 0.1) is 0 Å². The van der Waals surface area contributed by atoms with Crippen molar-refractivity contribution in [2.24, 2.45) is 0 Å². The molecule has 0 saturated carbocycles. The molecule has 2 heterocycles. The second kappa shape index (κ2) is 33.5. The van der Waals surface area contributed by atoms with Gasteiger partial charge in [-0.3, -0.25) is 14.4 Å². The van der Waals surface area contributed by atoms with Gasteiger partial charge in [-0.25, -0.2) is 0 Å². The largest absolute Gasteiger partial charge is 0.462 e. The molecule has 78 heavy (non-hydrogen) atoms. The van der Waals surface area contributed by atoms with Crippen LogP contribution in [0.1, 0.15) is 198 Å². The van der Waals surface area contributed by atoms with Crippen molar-refractivity contribution in [1.29, 1.82) is 0 Å². The first kappa shape index (κ1) is 60.5. The number of hydrogen-bond acceptors (Lipinski definition) is 9. The monoisotopic (exact) mass is 1070 g/mol. The molecule has 2 aliphatic heterocycles. The van der Waals surface area contributed by atoms with Crippen molar-refractivity contribution in [3.8, 4) is 0 Å². The third-order valence-corrected chi connectivity index (χ3v) is 15.7. The average Bonchev–Trinajstić information content (AvgIpc) is 3.52. The molecule has 0 aromatic heterocycles. The van der Waals surface area contributed by atoms with Gasteiger partial charge in [0.15, 0.2) is 18.2 Å². The van der Waals surface area contributed by atoms with Crippen molar-refractivity contribution in [3.05, 3.63) is 132 Å². The maximum Gasteiger partial charge on any atom is 0.306 e. The number of nitrogens with one attached hydrogen (secondary N) is 1. The molecule has 0 radical (unpaired) electrons. The molecule has 10 nitrogen and oxygen atoms in total. The van der Waals surface area contributed by atoms with Gasteiger partial charge in [0, 0.05) is 12.8 Å². The fourth-order valence-corrected chi connectivity index (χ4v) is 11.2. The predicted molar refractivity (Wildman–Crippen MR) is 313 cm³/mol. The van der Waals surface area contributed by atoms with Crippen molar-refractivity contribution >= 4 is 39.4 Å². The van der Waals surface area contributed by atoms with Crippen molar-refractivity contribution in [2.75, 3.05) is 6.61 Å². The number of amides is 1. The van der Waals surface area contributed by atoms with Crippen LogP contribution in [-0.2, 0) is 62.3 Å². The summed E-state index contributed by atoms with van der Waals surface area (Å²) < 4.78 is 38.2. The first-order valence-electron chi connectivity index (χ1n) is 30.4. The lowest BCUT2D eigenvalue weighted by molar-refractivity contribution is -0.370. The van der Waals surface area contributed by atoms with Gasteiger partial charge < -0.3 is 33.7 Å². The third-order valence-electron chi connectivity index (χ3n) is 15.7. The predicted octanol–water partition coefficient (Wildman–Crippen LogP) is 16.0. The number of carbonyl (C=O) groups is 3. The van der Waals surface area contributed by atoms with E-state index in [4.69, 9.17) is 28.4 Å². The molecule has 0 spiro atoms. The van der Waals surface area contributed by atoms with E-state index in [0.717, 1.165) is 108 Å². The summed E-state index contributed by atoms with van der Waals surface area (Å²) >= 11 is 0. The average molecular weight is 1070 g/mol. The van der Waals surface area contributed by atoms with Gasteiger partial charge in [0.1, 0.15) is 24.4 Å². The van der Waals surface area contributed by atoms with Crippen LogP contribution < -0.4 is 5.32 Å². The van der Waals surface area contributed by atoms with E-state index in [2.05, 4.69) is 97.2 Å². The molecule has 0 unspecified atom stereocenters. The summed E-state index contributed by atoms with van der Waals surface area (Å²) in [6, 6.07) is 39.4. The first-order valence-corrected chi connectivity index (χ1v) is 30.4. The number of ether oxygens (including phenoxy) is 6. The lowest BCUT2D eigenvalue weighted by Gasteiger charge is -2.50. The number of unbranched alkanes of at least 4 members (excludes halogenated alkanes) is 18. The highest BCUT2D eigenvalue weighted by Crippen LogP contribution is 2.35. The van der Waals surface area contributed by atoms with E-state index in [1.165, 1.54) is 71.2 Å². The summed E-state index contributed by atoms with van der Waals surface area (Å²) in [5.41, 5.74) is 3.68. The van der Waals surface area contributed by atoms with E-state index in [0.29, 0.717) is 19.3 Å². The number of benzene rings is 5. The van der Waals surface area contributed by atoms with Crippen molar-refractivity contribution in [3.63, 3.8) is 0 Å². The second-order valence-corrected chi connectivity index (χ2v) is 22.7. The van der Waals surface area contributed by atoms with Crippen LogP contribution in [0.2, 0.25) is 0 Å². The van der Waals surface area contributed by atoms with Crippen LogP contribution in [-0.4, -0.2) is 67.0 Å². The second-order valence-electron chi connectivity index (χ2n) is 22.7. The molecule has 10 heteroatoms. The fraction of sp³-hybridized carbons (Fsp3) is 0.574. The molecule has 2 aliphatic rings. The summed E-state index contributed by atoms with van der Waals surface area (Å²) in [5, 5.41) is 8.32. The number of carbonyl (C=O) groups excluding carboxylic acids is 3. The summed E-state index contributed by atoms with van der Waals surface area (Å²) in [6.45, 7) is 6.30. The SMILES string of the molecule is CCCCCCCCCCC[C@@H](CC(=O)N[C@H]1[C@H](OCc2ccccc2)O[C@@H]2COC(C)(C)O[C@H]2[C@@H]1OC(=O)CCCCCCCCc1ccc2ccccc2c1)OC(=O)CCCCCCCCc1ccc2ccccc2c1. The lowest BCUT2D eigenvalue weighted by Crippen LogP contribution is -2.69. The maximum atomic E-state index is 14.5. The van der Waals surface area contributed by atoms with Crippen molar-refractivity contribution < 1.29 is 42.8 Å². The Morgan fingerprint density at radius 2 is 1.09 bits per heavy atom. The van der Waals surface area contributed by atoms with E-state index in [9.17, 15) is 14.4 Å². The van der Waals surface area contributed by atoms with Gasteiger partial charge in [0.05, 0.1) is 19.6 Å². The van der Waals surface area contributed by atoms with Gasteiger partial charge >= 0.3 is 11.9 Å². The van der Waals surface area contributed by atoms with Gasteiger partial charge in [-0.15, -0.1) is 0 Å². The smallest absolute Gasteiger partial charge is 0.306 e. The standard InChI is InChI=1S/C68H93NO9/c1-4-5-6-7-8-9-10-17-25-40-59(75-62(71)41-26-18-13-11-15-21-32-52-43-45-55-36-28-30-38-57(55)47-52)49-61(70)69-64-66(65-60(51-74-68(2,3)78-65)76-67(64)73-50-54-34-23-20-24-35-54)77-63(72)42-27-19-14-12-16-22-33-53-44-46-56-37-29-31-39-58(56)48-53/h20,23-24,28-31,34-39,43-48,59-60,64-67H,4-19,21-22,25-27,32-33,40-42,49-51H2,1-3H3,(H,69,70)/t59-,60+,64+,65+,66+,67+/m0/s1. The number of fused-ring (bicyclic) bond motifs is 3. The molecule has 0 bridgehead atoms. The highest BCUT2D eigenvalue weighted by atomic mass is 16.8. The molecule has 1 amide bonds. The molecule has 2 saturated heterocycles. The molecule has 0 aliphatic carbocycles. The summed E-state index contributed by atoms with van der Waals surface area (Å²) in [6.07, 6.45) is 22.1. The molecule has 424 valence electrons. The van der Waals surface area contributed by atoms with Crippen molar-refractivity contribution in [1.82, 2.24) is 5.32 Å². The Bertz CT molecular complexity index is 2530. The minimum absolute atomic E-state index is 0.0334. The quantitative estimate of drug-likeness (QED) is 0.0309. The molecule has 1 N–H and O–H groups in total. The van der Waals surface area contributed by atoms with Crippen LogP contribution in [0.15, 0.2) is 115 Å². The summed E-state index contributed by atoms with van der Waals surface area (Å²) in [7, 11) is 0. The Kier molecular flexibility index (Phi) is 26.0. The van der Waals surface area contributed by atoms with E-state index in [-0.39, 0.29) is 43.9 Å². The summed E-state index contributed by atoms with van der Waals surface area (Å²) in [5.74, 6) is -1.94. The minimum atomic E-state index is -0.992. The Morgan fingerprint density at radius 1 is 0.577 bits per heavy atom. The topological polar surface area (TPSA) is 119 Å². The highest BCUT2D eigenvalue weighted by Gasteiger charge is 2.54. The molecular formula is C68H93NO9. The first-order chi connectivity index (χ1) is 38.1. The normalized spacial score (nSPS) is 19.3. The molecular weight excluding hydrogens is 975 g/mol. The number of aryl methyl sites for hydroxylation is 2. The van der Waals surface area contributed by atoms with Gasteiger partial charge in [0.2, 0.25) is 5.91 Å². The Morgan fingerprint density at radius 3 is 1.68 bits per heavy atom. The molecule has 5 aromatic carbocycles. The van der Waals surface area contributed by atoms with E-state index in [1.54, 1.807) is 0 Å². The van der Waals surface area contributed by atoms with E-state index >= 15 is 0 Å². The van der Waals surface area contributed by atoms with Crippen LogP contribution in [0.5, 0.6) is 0 Å². The molecule has 7 rings (SSSR count). The minimum Gasteiger partial charge on any atom is -0.462 e. The van der Waals surface area contributed by atoms with Gasteiger partial charge in [-0.1, -0.05) is 225 Å². The highest BCUT2D eigenvalue weighted by molar-refractivity contribution is 5.84. The summed E-state index contributed by atoms with van der Waals surface area (Å²) in [4.78, 5) is 41.9. The number of esters is 2. The maximum absolute atomic E-state index is 14.5. The number of rotatable bonds is 36. The van der Waals surface area contributed by atoms with Crippen molar-refractivity contribution in [2.45, 2.75) is 243 Å². The van der Waals surface area contributed by atoms with Crippen LogP contribution >= 0.6 is 0 Å². The van der Waals surface area contributed by atoms with Gasteiger partial charge in [0.25, 0.3) is 0 Å². The number of hydrogen-bond donors (Lipinski definition) is 1. The molecule has 6 atom stereocenters. The zero-order chi connectivity index (χ0) is 54.6. The van der Waals surface area contributed by atoms with E-state index in [1.807, 2.05) is 44.2 Å². The Labute approximate surface area is 467 Å². The van der Waals surface area contributed by atoms with Crippen LogP contribution in [0.3, 0.4) is 0 Å². The Balaban J connectivity index is 0.924. The fourth-order valence-electron chi connectivity index (χ4n) is 11.2. The molecule has 2 fully saturated rings. The lowest BCUT2D eigenvalue weighted by atomic mass is 9.94.